The molecular weight excluding hydrogens is 291 g/mol. The number of piperidine rings is 1. The highest BCUT2D eigenvalue weighted by molar-refractivity contribution is 9.10. The minimum atomic E-state index is -1.01. The second kappa shape index (κ2) is 5.00. The van der Waals surface area contributed by atoms with Crippen LogP contribution in [0.2, 0.25) is 0 Å². The number of amides is 1. The third-order valence-electron chi connectivity index (χ3n) is 2.92. The van der Waals surface area contributed by atoms with Crippen molar-refractivity contribution in [2.24, 2.45) is 0 Å². The fraction of sp³-hybridized carbons (Fsp3) is 0.455. The van der Waals surface area contributed by atoms with E-state index in [1.54, 1.807) is 18.3 Å². The minimum absolute atomic E-state index is 0.204. The molecule has 1 aromatic heterocycles. The largest absolute Gasteiger partial charge is 0.465 e. The number of hydrogen-bond donors (Lipinski definition) is 1. The molecular formula is C11H12BrFN2O2. The molecule has 6 heteroatoms. The monoisotopic (exact) mass is 302 g/mol. The lowest BCUT2D eigenvalue weighted by atomic mass is 9.95. The lowest BCUT2D eigenvalue weighted by Gasteiger charge is -2.35. The summed E-state index contributed by atoms with van der Waals surface area (Å²) >= 11 is 3.21. The molecule has 2 heterocycles. The molecule has 4 nitrogen and oxygen atoms in total. The molecule has 0 radical (unpaired) electrons. The van der Waals surface area contributed by atoms with Gasteiger partial charge in [-0.3, -0.25) is 0 Å². The van der Waals surface area contributed by atoms with Crippen molar-refractivity contribution in [2.75, 3.05) is 6.54 Å². The molecule has 1 saturated heterocycles. The zero-order valence-corrected chi connectivity index (χ0v) is 10.6. The second-order valence-corrected chi connectivity index (χ2v) is 4.84. The first-order valence-electron chi connectivity index (χ1n) is 5.33. The molecule has 1 N–H and O–H groups in total. The molecule has 0 aromatic carbocycles. The van der Waals surface area contributed by atoms with E-state index in [9.17, 15) is 9.18 Å². The van der Waals surface area contributed by atoms with Crippen molar-refractivity contribution in [3.63, 3.8) is 0 Å². The van der Waals surface area contributed by atoms with Gasteiger partial charge in [0.25, 0.3) is 0 Å². The standard InChI is InChI=1S/C11H12BrFN2O2/c12-10-2-1-7(6-14-10)9-5-8(13)3-4-15(9)11(16)17/h1-2,6,8-9H,3-5H2,(H,16,17). The Morgan fingerprint density at radius 2 is 2.35 bits per heavy atom. The van der Waals surface area contributed by atoms with Crippen LogP contribution in [0.1, 0.15) is 24.4 Å². The lowest BCUT2D eigenvalue weighted by Crippen LogP contribution is -2.40. The van der Waals surface area contributed by atoms with Gasteiger partial charge in [-0.15, -0.1) is 0 Å². The number of carbonyl (C=O) groups is 1. The van der Waals surface area contributed by atoms with Gasteiger partial charge in [-0.25, -0.2) is 14.2 Å². The maximum Gasteiger partial charge on any atom is 0.407 e. The molecule has 0 saturated carbocycles. The smallest absolute Gasteiger partial charge is 0.407 e. The Kier molecular flexibility index (Phi) is 3.61. The molecule has 2 rings (SSSR count). The van der Waals surface area contributed by atoms with Gasteiger partial charge in [0.2, 0.25) is 0 Å². The summed E-state index contributed by atoms with van der Waals surface area (Å²) in [7, 11) is 0. The van der Waals surface area contributed by atoms with E-state index >= 15 is 0 Å². The molecule has 0 bridgehead atoms. The summed E-state index contributed by atoms with van der Waals surface area (Å²) in [5, 5.41) is 9.08. The maximum absolute atomic E-state index is 13.4. The van der Waals surface area contributed by atoms with Crippen molar-refractivity contribution in [2.45, 2.75) is 25.1 Å². The normalized spacial score (nSPS) is 24.7. The number of rotatable bonds is 1. The lowest BCUT2D eigenvalue weighted by molar-refractivity contribution is 0.0779. The first-order valence-corrected chi connectivity index (χ1v) is 6.12. The van der Waals surface area contributed by atoms with Crippen LogP contribution in [-0.4, -0.2) is 33.8 Å². The van der Waals surface area contributed by atoms with E-state index in [-0.39, 0.29) is 19.4 Å². The average molecular weight is 303 g/mol. The summed E-state index contributed by atoms with van der Waals surface area (Å²) in [6, 6.07) is 3.07. The molecule has 92 valence electrons. The topological polar surface area (TPSA) is 53.4 Å². The first kappa shape index (κ1) is 12.3. The molecule has 2 atom stereocenters. The van der Waals surface area contributed by atoms with Gasteiger partial charge in [0, 0.05) is 19.2 Å². The number of aromatic nitrogens is 1. The number of hydrogen-bond acceptors (Lipinski definition) is 2. The van der Waals surface area contributed by atoms with Gasteiger partial charge in [-0.05, 0) is 34.0 Å². The highest BCUT2D eigenvalue weighted by Gasteiger charge is 2.32. The van der Waals surface area contributed by atoms with Crippen LogP contribution in [0.3, 0.4) is 0 Å². The highest BCUT2D eigenvalue weighted by atomic mass is 79.9. The Balaban J connectivity index is 2.25. The van der Waals surface area contributed by atoms with Gasteiger partial charge < -0.3 is 10.0 Å². The summed E-state index contributed by atoms with van der Waals surface area (Å²) in [5.41, 5.74) is 0.734. The van der Waals surface area contributed by atoms with Crippen LogP contribution in [0.15, 0.2) is 22.9 Å². The maximum atomic E-state index is 13.4. The van der Waals surface area contributed by atoms with E-state index in [2.05, 4.69) is 20.9 Å². The van der Waals surface area contributed by atoms with Gasteiger partial charge in [0.05, 0.1) is 6.04 Å². The highest BCUT2D eigenvalue weighted by Crippen LogP contribution is 2.32. The van der Waals surface area contributed by atoms with Crippen molar-refractivity contribution in [1.82, 2.24) is 9.88 Å². The number of carboxylic acid groups (broad SMARTS) is 1. The Bertz CT molecular complexity index is 412. The molecule has 17 heavy (non-hydrogen) atoms. The van der Waals surface area contributed by atoms with Crippen LogP contribution in [0, 0.1) is 0 Å². The molecule has 1 aliphatic heterocycles. The van der Waals surface area contributed by atoms with Gasteiger partial charge in [-0.2, -0.15) is 0 Å². The quantitative estimate of drug-likeness (QED) is 0.811. The second-order valence-electron chi connectivity index (χ2n) is 4.03. The van der Waals surface area contributed by atoms with E-state index < -0.39 is 18.3 Å². The van der Waals surface area contributed by atoms with Gasteiger partial charge in [-0.1, -0.05) is 6.07 Å². The van der Waals surface area contributed by atoms with Crippen LogP contribution in [0.5, 0.6) is 0 Å². The Labute approximate surface area is 107 Å². The summed E-state index contributed by atoms with van der Waals surface area (Å²) in [6.45, 7) is 0.233. The number of nitrogens with zero attached hydrogens (tertiary/aromatic N) is 2. The van der Waals surface area contributed by atoms with Crippen LogP contribution in [-0.2, 0) is 0 Å². The summed E-state index contributed by atoms with van der Waals surface area (Å²) in [5.74, 6) is 0. The molecule has 0 aliphatic carbocycles. The van der Waals surface area contributed by atoms with Crippen LogP contribution in [0.25, 0.3) is 0 Å². The zero-order valence-electron chi connectivity index (χ0n) is 9.01. The number of halogens is 2. The van der Waals surface area contributed by atoms with E-state index in [0.717, 1.165) is 5.56 Å². The SMILES string of the molecule is O=C(O)N1CCC(F)CC1c1ccc(Br)nc1. The van der Waals surface area contributed by atoms with E-state index in [0.29, 0.717) is 4.60 Å². The van der Waals surface area contributed by atoms with Gasteiger partial charge in [0.1, 0.15) is 10.8 Å². The Morgan fingerprint density at radius 3 is 2.94 bits per heavy atom. The molecule has 1 aromatic rings. The number of pyridine rings is 1. The Hall–Kier alpha value is -1.17. The molecule has 1 amide bonds. The zero-order chi connectivity index (χ0) is 12.4. The van der Waals surface area contributed by atoms with Crippen LogP contribution in [0.4, 0.5) is 9.18 Å². The van der Waals surface area contributed by atoms with E-state index in [1.807, 2.05) is 0 Å². The molecule has 1 fully saturated rings. The predicted molar refractivity (Wildman–Crippen MR) is 63.5 cm³/mol. The predicted octanol–water partition coefficient (Wildman–Crippen LogP) is 3.00. The first-order chi connectivity index (χ1) is 8.08. The molecule has 1 aliphatic rings. The third kappa shape index (κ3) is 2.74. The van der Waals surface area contributed by atoms with Crippen molar-refractivity contribution >= 4 is 22.0 Å². The average Bonchev–Trinajstić information content (AvgIpc) is 2.29. The van der Waals surface area contributed by atoms with Crippen molar-refractivity contribution in [3.8, 4) is 0 Å². The summed E-state index contributed by atoms with van der Waals surface area (Å²) in [6.07, 6.45) is 0.106. The van der Waals surface area contributed by atoms with E-state index in [4.69, 9.17) is 5.11 Å². The summed E-state index contributed by atoms with van der Waals surface area (Å²) < 4.78 is 14.1. The molecule has 0 spiro atoms. The van der Waals surface area contributed by atoms with Crippen molar-refractivity contribution in [3.05, 3.63) is 28.5 Å². The van der Waals surface area contributed by atoms with Gasteiger partial charge >= 0.3 is 6.09 Å². The number of alkyl halides is 1. The van der Waals surface area contributed by atoms with Crippen LogP contribution < -0.4 is 0 Å². The number of likely N-dealkylation sites (tertiary alicyclic amines) is 1. The minimum Gasteiger partial charge on any atom is -0.465 e. The van der Waals surface area contributed by atoms with Crippen molar-refractivity contribution < 1.29 is 14.3 Å². The summed E-state index contributed by atoms with van der Waals surface area (Å²) in [4.78, 5) is 16.4. The van der Waals surface area contributed by atoms with Crippen molar-refractivity contribution in [1.29, 1.82) is 0 Å². The molecule has 2 unspecified atom stereocenters. The fourth-order valence-corrected chi connectivity index (χ4v) is 2.29. The van der Waals surface area contributed by atoms with Gasteiger partial charge in [0.15, 0.2) is 0 Å². The van der Waals surface area contributed by atoms with Crippen LogP contribution >= 0.6 is 15.9 Å². The Morgan fingerprint density at radius 1 is 1.59 bits per heavy atom. The third-order valence-corrected chi connectivity index (χ3v) is 3.39. The van der Waals surface area contributed by atoms with E-state index in [1.165, 1.54) is 4.90 Å². The fourth-order valence-electron chi connectivity index (χ4n) is 2.05.